The molecule has 0 atom stereocenters. The number of nitrogens with zero attached hydrogens (tertiary/aromatic N) is 3. The van der Waals surface area contributed by atoms with Crippen LogP contribution in [0.3, 0.4) is 0 Å². The fraction of sp³-hybridized carbons (Fsp3) is 0.217. The van der Waals surface area contributed by atoms with Gasteiger partial charge in [-0.15, -0.1) is 0 Å². The minimum Gasteiger partial charge on any atom is -0.507 e. The van der Waals surface area contributed by atoms with E-state index in [1.54, 1.807) is 0 Å². The summed E-state index contributed by atoms with van der Waals surface area (Å²) in [5.41, 5.74) is 21.8. The quantitative estimate of drug-likeness (QED) is 0.173. The number of imidazole rings is 1. The van der Waals surface area contributed by atoms with E-state index in [0.29, 0.717) is 11.4 Å². The van der Waals surface area contributed by atoms with Crippen LogP contribution in [-0.4, -0.2) is 19.6 Å². The zero-order valence-electron chi connectivity index (χ0n) is 44.2. The zero-order chi connectivity index (χ0) is 51.2. The number of pyridine rings is 1. The normalized spacial score (nSPS) is 13.3. The molecule has 10 aromatic rings. The fourth-order valence-electron chi connectivity index (χ4n) is 11.0. The van der Waals surface area contributed by atoms with Gasteiger partial charge in [0.1, 0.15) is 11.6 Å². The van der Waals surface area contributed by atoms with E-state index in [1.807, 2.05) is 6.20 Å². The van der Waals surface area contributed by atoms with Crippen molar-refractivity contribution in [1.29, 1.82) is 0 Å². The Labute approximate surface area is 432 Å². The second kappa shape index (κ2) is 17.4. The molecule has 362 valence electrons. The van der Waals surface area contributed by atoms with Gasteiger partial charge >= 0.3 is 0 Å². The molecule has 0 unspecified atom stereocenters. The van der Waals surface area contributed by atoms with Crippen LogP contribution in [0, 0.1) is 0 Å². The summed E-state index contributed by atoms with van der Waals surface area (Å²) >= 11 is 0. The lowest BCUT2D eigenvalue weighted by molar-refractivity contribution is 0.446. The first-order chi connectivity index (χ1) is 34.8. The Morgan fingerprint density at radius 3 is 1.71 bits per heavy atom. The Balaban J connectivity index is 1.20. The van der Waals surface area contributed by atoms with Crippen molar-refractivity contribution < 1.29 is 5.11 Å². The van der Waals surface area contributed by atoms with Crippen LogP contribution in [0.1, 0.15) is 104 Å². The second-order valence-electron chi connectivity index (χ2n) is 23.7. The largest absolute Gasteiger partial charge is 0.507 e. The minimum atomic E-state index is -0.343. The van der Waals surface area contributed by atoms with Crippen LogP contribution >= 0.6 is 0 Å². The number of hydrogen-bond donors (Lipinski definition) is 1. The van der Waals surface area contributed by atoms with Gasteiger partial charge in [-0.2, -0.15) is 0 Å². The topological polar surface area (TPSA) is 50.9 Å². The van der Waals surface area contributed by atoms with E-state index in [9.17, 15) is 5.11 Å². The van der Waals surface area contributed by atoms with E-state index in [2.05, 4.69) is 263 Å². The van der Waals surface area contributed by atoms with E-state index >= 15 is 0 Å². The molecule has 0 amide bonds. The highest BCUT2D eigenvalue weighted by Gasteiger charge is 2.38. The molecule has 4 heteroatoms. The average molecular weight is 952 g/mol. The van der Waals surface area contributed by atoms with Gasteiger partial charge < -0.3 is 5.11 Å². The number of aromatic hydroxyl groups is 1. The van der Waals surface area contributed by atoms with Gasteiger partial charge in [-0.3, -0.25) is 9.55 Å². The highest BCUT2D eigenvalue weighted by atomic mass is 16.3. The third-order valence-corrected chi connectivity index (χ3v) is 15.3. The smallest absolute Gasteiger partial charge is 0.149 e. The summed E-state index contributed by atoms with van der Waals surface area (Å²) in [7, 11) is 0. The third kappa shape index (κ3) is 8.37. The molecule has 4 nitrogen and oxygen atoms in total. The van der Waals surface area contributed by atoms with E-state index in [0.717, 1.165) is 72.5 Å². The maximum absolute atomic E-state index is 12.8. The van der Waals surface area contributed by atoms with E-state index in [-0.39, 0.29) is 27.4 Å². The van der Waals surface area contributed by atoms with E-state index in [4.69, 9.17) is 9.97 Å². The molecular formula is C69H65N3O. The van der Waals surface area contributed by atoms with Gasteiger partial charge in [0.05, 0.1) is 28.0 Å². The number of phenolic OH excluding ortho intramolecular Hbond substituents is 1. The first kappa shape index (κ1) is 47.5. The van der Waals surface area contributed by atoms with E-state index < -0.39 is 0 Å². The van der Waals surface area contributed by atoms with Crippen LogP contribution in [0.5, 0.6) is 5.75 Å². The molecule has 0 saturated carbocycles. The third-order valence-electron chi connectivity index (χ3n) is 15.3. The van der Waals surface area contributed by atoms with Crippen molar-refractivity contribution in [2.45, 2.75) is 97.8 Å². The van der Waals surface area contributed by atoms with Gasteiger partial charge in [-0.25, -0.2) is 4.98 Å². The predicted octanol–water partition coefficient (Wildman–Crippen LogP) is 18.3. The summed E-state index contributed by atoms with van der Waals surface area (Å²) < 4.78 is 2.32. The van der Waals surface area contributed by atoms with Crippen molar-refractivity contribution in [3.8, 4) is 89.7 Å². The minimum absolute atomic E-state index is 0.0905. The van der Waals surface area contributed by atoms with Crippen molar-refractivity contribution in [1.82, 2.24) is 14.5 Å². The SMILES string of the molecule is CC(C)(C)c1ccc(-n2c(-c3cc(C(C)(C)C)cc(C(C)(C)C)c3O)nc3c(-c4cc(-c5cc(-c6ccc(-c7ccccc7)cc6)ccn5)cc5c4-c4ccccc4C5(C)C)cccc32)c(-c2ccccc2)c1. The van der Waals surface area contributed by atoms with Crippen LogP contribution in [0.2, 0.25) is 0 Å². The van der Waals surface area contributed by atoms with Crippen LogP contribution in [0.25, 0.3) is 95.0 Å². The molecule has 1 aliphatic rings. The lowest BCUT2D eigenvalue weighted by Crippen LogP contribution is -2.17. The number of para-hydroxylation sites is 1. The number of fused-ring (bicyclic) bond motifs is 4. The Bertz CT molecular complexity index is 3740. The van der Waals surface area contributed by atoms with Crippen molar-refractivity contribution in [2.24, 2.45) is 0 Å². The van der Waals surface area contributed by atoms with E-state index in [1.165, 1.54) is 38.9 Å². The lowest BCUT2D eigenvalue weighted by atomic mass is 9.79. The summed E-state index contributed by atoms with van der Waals surface area (Å²) in [4.78, 5) is 10.9. The van der Waals surface area contributed by atoms with Gasteiger partial charge in [-0.1, -0.05) is 210 Å². The molecule has 1 aliphatic carbocycles. The number of aromatic nitrogens is 3. The number of benzene rings is 8. The molecule has 1 N–H and O–H groups in total. The number of rotatable bonds is 7. The molecule has 0 fully saturated rings. The lowest BCUT2D eigenvalue weighted by Gasteiger charge is -2.28. The molecule has 0 spiro atoms. The monoisotopic (exact) mass is 952 g/mol. The molecule has 73 heavy (non-hydrogen) atoms. The van der Waals surface area contributed by atoms with Crippen LogP contribution < -0.4 is 0 Å². The average Bonchev–Trinajstić information content (AvgIpc) is 3.88. The van der Waals surface area contributed by atoms with Gasteiger partial charge in [0.25, 0.3) is 0 Å². The zero-order valence-corrected chi connectivity index (χ0v) is 44.2. The molecular weight excluding hydrogens is 887 g/mol. The number of phenols is 1. The van der Waals surface area contributed by atoms with Crippen LogP contribution in [0.4, 0.5) is 0 Å². The van der Waals surface area contributed by atoms with Gasteiger partial charge in [0.2, 0.25) is 0 Å². The molecule has 8 aromatic carbocycles. The van der Waals surface area contributed by atoms with Crippen molar-refractivity contribution >= 4 is 11.0 Å². The summed E-state index contributed by atoms with van der Waals surface area (Å²) in [6.45, 7) is 24.8. The van der Waals surface area contributed by atoms with Gasteiger partial charge in [-0.05, 0) is 132 Å². The molecule has 0 aliphatic heterocycles. The first-order valence-corrected chi connectivity index (χ1v) is 25.8. The molecule has 0 saturated heterocycles. The summed E-state index contributed by atoms with van der Waals surface area (Å²) in [6.07, 6.45) is 1.94. The van der Waals surface area contributed by atoms with Crippen molar-refractivity contribution in [3.05, 3.63) is 216 Å². The second-order valence-corrected chi connectivity index (χ2v) is 23.7. The summed E-state index contributed by atoms with van der Waals surface area (Å²) in [6, 6.07) is 65.9. The van der Waals surface area contributed by atoms with Crippen LogP contribution in [-0.2, 0) is 21.7 Å². The molecule has 11 rings (SSSR count). The molecule has 0 bridgehead atoms. The molecule has 0 radical (unpaired) electrons. The molecule has 2 heterocycles. The summed E-state index contributed by atoms with van der Waals surface area (Å²) in [5.74, 6) is 0.948. The van der Waals surface area contributed by atoms with Gasteiger partial charge in [0.15, 0.2) is 0 Å². The first-order valence-electron chi connectivity index (χ1n) is 25.8. The molecule has 2 aromatic heterocycles. The van der Waals surface area contributed by atoms with Crippen molar-refractivity contribution in [3.63, 3.8) is 0 Å². The highest BCUT2D eigenvalue weighted by molar-refractivity contribution is 6.04. The Kier molecular flexibility index (Phi) is 11.4. The van der Waals surface area contributed by atoms with Crippen LogP contribution in [0.15, 0.2) is 188 Å². The number of hydrogen-bond acceptors (Lipinski definition) is 3. The fourth-order valence-corrected chi connectivity index (χ4v) is 11.0. The Morgan fingerprint density at radius 2 is 1.04 bits per heavy atom. The predicted molar refractivity (Wildman–Crippen MR) is 307 cm³/mol. The maximum Gasteiger partial charge on any atom is 0.149 e. The highest BCUT2D eigenvalue weighted by Crippen LogP contribution is 2.55. The maximum atomic E-state index is 12.8. The Hall–Kier alpha value is -7.82. The standard InChI is InChI=1S/C69H65N3O/c1-66(2,3)49-33-34-60(53(40-49)46-23-16-13-17-24-46)72-61-28-20-26-51(63(61)71-65(72)55-41-50(67(4,5)6)42-58(64(55)73)68(7,8)9)54-37-48(38-57-62(54)52-25-18-19-27-56(52)69(57,10)11)59-39-47(35-36-70-59)45-31-29-44(30-32-45)43-21-14-12-15-22-43/h12-42,73H,1-11H3. The van der Waals surface area contributed by atoms with Crippen molar-refractivity contribution in [2.75, 3.05) is 0 Å². The summed E-state index contributed by atoms with van der Waals surface area (Å²) in [5, 5.41) is 12.8. The Morgan fingerprint density at radius 1 is 0.438 bits per heavy atom. The van der Waals surface area contributed by atoms with Gasteiger partial charge in [0, 0.05) is 33.9 Å².